The van der Waals surface area contributed by atoms with Crippen molar-refractivity contribution in [1.82, 2.24) is 0 Å². The highest BCUT2D eigenvalue weighted by Crippen LogP contribution is 2.12. The van der Waals surface area contributed by atoms with Gasteiger partial charge in [0.2, 0.25) is 10.0 Å². The third-order valence-corrected chi connectivity index (χ3v) is 3.18. The van der Waals surface area contributed by atoms with Gasteiger partial charge in [-0.05, 0) is 31.2 Å². The summed E-state index contributed by atoms with van der Waals surface area (Å²) in [6.45, 7) is 1.43. The molecule has 1 aromatic rings. The SMILES string of the molecule is CCOCC(=O)OCC(=O)Nc1ccc(S(N)(=O)=O)cc1. The first-order valence-corrected chi connectivity index (χ1v) is 7.53. The Morgan fingerprint density at radius 2 is 1.81 bits per heavy atom. The number of esters is 1. The van der Waals surface area contributed by atoms with Crippen LogP contribution in [0.25, 0.3) is 0 Å². The number of ether oxygens (including phenoxy) is 2. The molecule has 8 nitrogen and oxygen atoms in total. The van der Waals surface area contributed by atoms with Gasteiger partial charge in [-0.1, -0.05) is 0 Å². The van der Waals surface area contributed by atoms with Crippen molar-refractivity contribution < 1.29 is 27.5 Å². The molecule has 0 bridgehead atoms. The standard InChI is InChI=1S/C12H16N2O6S/c1-2-19-8-12(16)20-7-11(15)14-9-3-5-10(6-4-9)21(13,17)18/h3-6H,2,7-8H2,1H3,(H,14,15)(H2,13,17,18). The van der Waals surface area contributed by atoms with E-state index in [-0.39, 0.29) is 11.5 Å². The average Bonchev–Trinajstić information content (AvgIpc) is 2.42. The summed E-state index contributed by atoms with van der Waals surface area (Å²) in [6.07, 6.45) is 0. The van der Waals surface area contributed by atoms with Gasteiger partial charge in [0.1, 0.15) is 6.61 Å². The average molecular weight is 316 g/mol. The molecular formula is C12H16N2O6S. The number of primary sulfonamides is 1. The molecular weight excluding hydrogens is 300 g/mol. The summed E-state index contributed by atoms with van der Waals surface area (Å²) in [5.74, 6) is -1.19. The number of nitrogens with two attached hydrogens (primary N) is 1. The van der Waals surface area contributed by atoms with Gasteiger partial charge in [-0.2, -0.15) is 0 Å². The molecule has 0 fully saturated rings. The number of carbonyl (C=O) groups is 2. The van der Waals surface area contributed by atoms with Crippen molar-refractivity contribution in [2.75, 3.05) is 25.1 Å². The lowest BCUT2D eigenvalue weighted by molar-refractivity contribution is -0.151. The second-order valence-electron chi connectivity index (χ2n) is 3.92. The molecule has 1 aromatic carbocycles. The lowest BCUT2D eigenvalue weighted by Gasteiger charge is -2.07. The number of benzene rings is 1. The van der Waals surface area contributed by atoms with E-state index in [1.807, 2.05) is 0 Å². The van der Waals surface area contributed by atoms with Crippen molar-refractivity contribution >= 4 is 27.6 Å². The van der Waals surface area contributed by atoms with Crippen LogP contribution in [-0.2, 0) is 29.1 Å². The van der Waals surface area contributed by atoms with Gasteiger partial charge in [0, 0.05) is 12.3 Å². The van der Waals surface area contributed by atoms with E-state index in [4.69, 9.17) is 9.88 Å². The van der Waals surface area contributed by atoms with Gasteiger partial charge in [0.25, 0.3) is 5.91 Å². The zero-order chi connectivity index (χ0) is 15.9. The number of rotatable bonds is 7. The maximum atomic E-state index is 11.5. The summed E-state index contributed by atoms with van der Waals surface area (Å²) >= 11 is 0. The minimum Gasteiger partial charge on any atom is -0.454 e. The molecule has 3 N–H and O–H groups in total. The van der Waals surface area contributed by atoms with E-state index in [0.717, 1.165) is 0 Å². The molecule has 0 radical (unpaired) electrons. The van der Waals surface area contributed by atoms with Crippen molar-refractivity contribution in [2.45, 2.75) is 11.8 Å². The first-order valence-electron chi connectivity index (χ1n) is 5.99. The summed E-state index contributed by atoms with van der Waals surface area (Å²) in [5, 5.41) is 7.38. The Labute approximate surface area is 122 Å². The molecule has 0 saturated heterocycles. The van der Waals surface area contributed by atoms with Crippen LogP contribution in [0.1, 0.15) is 6.92 Å². The summed E-state index contributed by atoms with van der Waals surface area (Å²) < 4.78 is 31.6. The highest BCUT2D eigenvalue weighted by atomic mass is 32.2. The Balaban J connectivity index is 2.46. The zero-order valence-electron chi connectivity index (χ0n) is 11.4. The van der Waals surface area contributed by atoms with Crippen molar-refractivity contribution in [1.29, 1.82) is 0 Å². The van der Waals surface area contributed by atoms with Crippen LogP contribution in [-0.4, -0.2) is 40.1 Å². The molecule has 0 atom stereocenters. The summed E-state index contributed by atoms with van der Waals surface area (Å²) in [6, 6.07) is 5.26. The van der Waals surface area contributed by atoms with Crippen LogP contribution in [0, 0.1) is 0 Å². The lowest BCUT2D eigenvalue weighted by atomic mass is 10.3. The molecule has 0 saturated carbocycles. The molecule has 9 heteroatoms. The highest BCUT2D eigenvalue weighted by Gasteiger charge is 2.10. The number of anilines is 1. The Hall–Kier alpha value is -1.97. The van der Waals surface area contributed by atoms with Crippen LogP contribution in [0.5, 0.6) is 0 Å². The molecule has 1 rings (SSSR count). The lowest BCUT2D eigenvalue weighted by Crippen LogP contribution is -2.23. The van der Waals surface area contributed by atoms with Crippen LogP contribution >= 0.6 is 0 Å². The van der Waals surface area contributed by atoms with Crippen molar-refractivity contribution in [3.8, 4) is 0 Å². The topological polar surface area (TPSA) is 125 Å². The smallest absolute Gasteiger partial charge is 0.332 e. The first-order chi connectivity index (χ1) is 9.82. The van der Waals surface area contributed by atoms with E-state index in [1.54, 1.807) is 6.92 Å². The summed E-state index contributed by atoms with van der Waals surface area (Å²) in [7, 11) is -3.77. The largest absolute Gasteiger partial charge is 0.454 e. The Kier molecular flexibility index (Phi) is 6.28. The molecule has 0 aliphatic carbocycles. The maximum absolute atomic E-state index is 11.5. The summed E-state index contributed by atoms with van der Waals surface area (Å²) in [4.78, 5) is 22.5. The molecule has 1 amide bonds. The second-order valence-corrected chi connectivity index (χ2v) is 5.48. The predicted octanol–water partition coefficient (Wildman–Crippen LogP) is -0.148. The van der Waals surface area contributed by atoms with E-state index < -0.39 is 28.5 Å². The number of carbonyl (C=O) groups excluding carboxylic acids is 2. The molecule has 21 heavy (non-hydrogen) atoms. The Bertz CT molecular complexity index is 597. The number of nitrogens with one attached hydrogen (secondary N) is 1. The van der Waals surface area contributed by atoms with Gasteiger partial charge in [-0.25, -0.2) is 18.4 Å². The molecule has 0 aliphatic heterocycles. The quantitative estimate of drug-likeness (QED) is 0.674. The van der Waals surface area contributed by atoms with E-state index in [2.05, 4.69) is 10.1 Å². The maximum Gasteiger partial charge on any atom is 0.332 e. The number of sulfonamides is 1. The number of amides is 1. The normalized spacial score (nSPS) is 11.0. The van der Waals surface area contributed by atoms with Gasteiger partial charge in [0.15, 0.2) is 6.61 Å². The van der Waals surface area contributed by atoms with Crippen LogP contribution in [0.2, 0.25) is 0 Å². The second kappa shape index (κ2) is 7.72. The number of hydrogen-bond donors (Lipinski definition) is 2. The van der Waals surface area contributed by atoms with E-state index >= 15 is 0 Å². The minimum atomic E-state index is -3.77. The monoisotopic (exact) mass is 316 g/mol. The van der Waals surface area contributed by atoms with Crippen LogP contribution in [0.4, 0.5) is 5.69 Å². The third-order valence-electron chi connectivity index (χ3n) is 2.25. The molecule has 0 spiro atoms. The van der Waals surface area contributed by atoms with Gasteiger partial charge in [0.05, 0.1) is 4.90 Å². The fourth-order valence-electron chi connectivity index (χ4n) is 1.30. The van der Waals surface area contributed by atoms with Crippen LogP contribution in [0.3, 0.4) is 0 Å². The van der Waals surface area contributed by atoms with E-state index in [9.17, 15) is 18.0 Å². The Morgan fingerprint density at radius 1 is 1.19 bits per heavy atom. The zero-order valence-corrected chi connectivity index (χ0v) is 12.2. The molecule has 0 unspecified atom stereocenters. The first kappa shape index (κ1) is 17.1. The van der Waals surface area contributed by atoms with Crippen molar-refractivity contribution in [2.24, 2.45) is 5.14 Å². The minimum absolute atomic E-state index is 0.0661. The number of hydrogen-bond acceptors (Lipinski definition) is 6. The molecule has 0 heterocycles. The predicted molar refractivity (Wildman–Crippen MR) is 73.9 cm³/mol. The molecule has 0 aromatic heterocycles. The third kappa shape index (κ3) is 6.34. The summed E-state index contributed by atoms with van der Waals surface area (Å²) in [5.41, 5.74) is 0.355. The van der Waals surface area contributed by atoms with Crippen LogP contribution in [0.15, 0.2) is 29.2 Å². The highest BCUT2D eigenvalue weighted by molar-refractivity contribution is 7.89. The van der Waals surface area contributed by atoms with Gasteiger partial charge in [-0.15, -0.1) is 0 Å². The Morgan fingerprint density at radius 3 is 2.33 bits per heavy atom. The van der Waals surface area contributed by atoms with Crippen LogP contribution < -0.4 is 10.5 Å². The van der Waals surface area contributed by atoms with Gasteiger partial charge < -0.3 is 14.8 Å². The van der Waals surface area contributed by atoms with E-state index in [1.165, 1.54) is 24.3 Å². The molecule has 0 aliphatic rings. The fourth-order valence-corrected chi connectivity index (χ4v) is 1.81. The van der Waals surface area contributed by atoms with Crippen molar-refractivity contribution in [3.63, 3.8) is 0 Å². The van der Waals surface area contributed by atoms with Gasteiger partial charge >= 0.3 is 5.97 Å². The molecule has 116 valence electrons. The van der Waals surface area contributed by atoms with Crippen molar-refractivity contribution in [3.05, 3.63) is 24.3 Å². The van der Waals surface area contributed by atoms with Gasteiger partial charge in [-0.3, -0.25) is 4.79 Å². The fraction of sp³-hybridized carbons (Fsp3) is 0.333. The van der Waals surface area contributed by atoms with E-state index in [0.29, 0.717) is 12.3 Å².